The number of Topliss-reactive ketones (excluding diaryl/α,β-unsaturated/α-hetero) is 1. The van der Waals surface area contributed by atoms with Gasteiger partial charge in [-0.3, -0.25) is 4.79 Å². The summed E-state index contributed by atoms with van der Waals surface area (Å²) in [6, 6.07) is -0.468. The molecule has 0 aromatic heterocycles. The Morgan fingerprint density at radius 2 is 1.94 bits per heavy atom. The van der Waals surface area contributed by atoms with Crippen LogP contribution in [-0.2, 0) is 10.0 Å². The molecule has 1 radical (unpaired) electrons. The van der Waals surface area contributed by atoms with Crippen LogP contribution in [0.4, 0.5) is 0 Å². The molecule has 1 aliphatic heterocycles. The summed E-state index contributed by atoms with van der Waals surface area (Å²) in [4.78, 5) is 11.7. The molecule has 0 aliphatic carbocycles. The van der Waals surface area contributed by atoms with Gasteiger partial charge >= 0.3 is 0 Å². The number of nitrogens with zero attached hydrogens (tertiary/aromatic N) is 1. The highest BCUT2D eigenvalue weighted by Crippen LogP contribution is 2.39. The van der Waals surface area contributed by atoms with Crippen molar-refractivity contribution in [3.8, 4) is 0 Å². The van der Waals surface area contributed by atoms with Crippen LogP contribution in [0.3, 0.4) is 0 Å². The maximum absolute atomic E-state index is 12.1. The van der Waals surface area contributed by atoms with Gasteiger partial charge in [-0.2, -0.15) is 0 Å². The molecular weight excluding hydrogens is 228 g/mol. The van der Waals surface area contributed by atoms with Crippen molar-refractivity contribution in [1.82, 2.24) is 5.06 Å². The number of piperidine rings is 1. The highest BCUT2D eigenvalue weighted by atomic mass is 35.5. The second kappa shape index (κ2) is 4.26. The van der Waals surface area contributed by atoms with Gasteiger partial charge in [0.05, 0.1) is 11.4 Å². The first-order chi connectivity index (χ1) is 7.14. The summed E-state index contributed by atoms with van der Waals surface area (Å²) in [7, 11) is 0. The van der Waals surface area contributed by atoms with Gasteiger partial charge in [0.1, 0.15) is 0 Å². The van der Waals surface area contributed by atoms with E-state index in [1.807, 2.05) is 13.8 Å². The summed E-state index contributed by atoms with van der Waals surface area (Å²) in [6.07, 6.45) is 0.465. The largest absolute Gasteiger partial charge is 0.325 e. The van der Waals surface area contributed by atoms with Crippen molar-refractivity contribution in [1.29, 1.82) is 0 Å². The number of carbonyl (C=O) groups excluding carboxylic acids is 1. The number of carbonyl (C=O) groups is 1. The number of rotatable bonds is 2. The molecule has 2 atom stereocenters. The van der Waals surface area contributed by atoms with E-state index in [1.54, 1.807) is 13.8 Å². The van der Waals surface area contributed by atoms with Gasteiger partial charge < -0.3 is 5.73 Å². The molecule has 0 amide bonds. The third-order valence-corrected chi connectivity index (χ3v) is 3.85. The summed E-state index contributed by atoms with van der Waals surface area (Å²) < 4.78 is 0. The van der Waals surface area contributed by atoms with Gasteiger partial charge in [-0.05, 0) is 34.1 Å². The van der Waals surface area contributed by atoms with Crippen LogP contribution in [0.15, 0.2) is 0 Å². The van der Waals surface area contributed by atoms with Crippen LogP contribution in [0.2, 0.25) is 0 Å². The Morgan fingerprint density at radius 3 is 2.38 bits per heavy atom. The Labute approximate surface area is 102 Å². The summed E-state index contributed by atoms with van der Waals surface area (Å²) in [5.74, 6) is -0.431. The van der Waals surface area contributed by atoms with Crippen molar-refractivity contribution < 1.29 is 10.0 Å². The van der Waals surface area contributed by atoms with Gasteiger partial charge in [-0.25, -0.2) is 0 Å². The maximum atomic E-state index is 12.1. The molecule has 1 heterocycles. The second-order valence-electron chi connectivity index (χ2n) is 5.70. The van der Waals surface area contributed by atoms with Crippen LogP contribution >= 0.6 is 11.6 Å². The van der Waals surface area contributed by atoms with E-state index in [9.17, 15) is 10.0 Å². The van der Waals surface area contributed by atoms with Gasteiger partial charge in [-0.1, -0.05) is 0 Å². The number of hydrogen-bond acceptors (Lipinski definition) is 3. The van der Waals surface area contributed by atoms with Crippen molar-refractivity contribution >= 4 is 17.4 Å². The lowest BCUT2D eigenvalue weighted by molar-refractivity contribution is -0.296. The van der Waals surface area contributed by atoms with Gasteiger partial charge in [0.2, 0.25) is 0 Å². The Hall–Kier alpha value is -0.160. The number of hydroxylamine groups is 2. The van der Waals surface area contributed by atoms with Crippen molar-refractivity contribution in [2.24, 2.45) is 11.7 Å². The molecule has 93 valence electrons. The SMILES string of the molecule is CC1(C)CC(C(=O)CCl)C(N)C(C)(C)N1[O]. The highest BCUT2D eigenvalue weighted by Gasteiger charge is 2.52. The van der Waals surface area contributed by atoms with Crippen LogP contribution in [-0.4, -0.2) is 33.8 Å². The zero-order chi connectivity index (χ0) is 12.7. The molecule has 1 rings (SSSR count). The first-order valence-electron chi connectivity index (χ1n) is 5.46. The quantitative estimate of drug-likeness (QED) is 0.749. The Kier molecular flexibility index (Phi) is 3.70. The lowest BCUT2D eigenvalue weighted by Crippen LogP contribution is -2.69. The molecule has 0 spiro atoms. The molecule has 2 unspecified atom stereocenters. The average Bonchev–Trinajstić information content (AvgIpc) is 2.21. The van der Waals surface area contributed by atoms with Crippen molar-refractivity contribution in [3.63, 3.8) is 0 Å². The predicted octanol–water partition coefficient (Wildman–Crippen LogP) is 1.35. The molecule has 0 bridgehead atoms. The molecule has 0 aromatic rings. The standard InChI is InChI=1S/C11H20ClN2O2/c1-10(2)5-7(8(15)6-12)9(13)11(3,4)14(10)16/h7,9H,5-6,13H2,1-4H3. The van der Waals surface area contributed by atoms with Crippen LogP contribution < -0.4 is 5.73 Å². The minimum atomic E-state index is -0.742. The fraction of sp³-hybridized carbons (Fsp3) is 0.909. The minimum absolute atomic E-state index is 0.0383. The topological polar surface area (TPSA) is 66.2 Å². The van der Waals surface area contributed by atoms with Crippen molar-refractivity contribution in [2.75, 3.05) is 5.88 Å². The third kappa shape index (κ3) is 2.12. The zero-order valence-corrected chi connectivity index (χ0v) is 11.0. The van der Waals surface area contributed by atoms with Crippen LogP contribution in [0.25, 0.3) is 0 Å². The van der Waals surface area contributed by atoms with Gasteiger partial charge in [-0.15, -0.1) is 21.9 Å². The first-order valence-corrected chi connectivity index (χ1v) is 6.00. The summed E-state index contributed by atoms with van der Waals surface area (Å²) in [6.45, 7) is 7.23. The zero-order valence-electron chi connectivity index (χ0n) is 10.3. The van der Waals surface area contributed by atoms with Gasteiger partial charge in [0.15, 0.2) is 5.78 Å². The highest BCUT2D eigenvalue weighted by molar-refractivity contribution is 6.28. The summed E-state index contributed by atoms with van der Waals surface area (Å²) in [5.41, 5.74) is 4.70. The van der Waals surface area contributed by atoms with E-state index in [1.165, 1.54) is 0 Å². The van der Waals surface area contributed by atoms with E-state index in [0.717, 1.165) is 5.06 Å². The van der Waals surface area contributed by atoms with E-state index in [-0.39, 0.29) is 17.6 Å². The number of ketones is 1. The fourth-order valence-electron chi connectivity index (χ4n) is 2.57. The van der Waals surface area contributed by atoms with E-state index in [0.29, 0.717) is 6.42 Å². The van der Waals surface area contributed by atoms with E-state index < -0.39 is 17.1 Å². The Morgan fingerprint density at radius 1 is 1.44 bits per heavy atom. The third-order valence-electron chi connectivity index (χ3n) is 3.59. The molecule has 4 nitrogen and oxygen atoms in total. The molecule has 1 saturated heterocycles. The second-order valence-corrected chi connectivity index (χ2v) is 5.96. The lowest BCUT2D eigenvalue weighted by Gasteiger charge is -2.53. The van der Waals surface area contributed by atoms with Crippen molar-refractivity contribution in [3.05, 3.63) is 0 Å². The van der Waals surface area contributed by atoms with E-state index >= 15 is 0 Å². The molecule has 0 saturated carbocycles. The smallest absolute Gasteiger partial charge is 0.152 e. The Bertz CT molecular complexity index is 292. The molecule has 2 N–H and O–H groups in total. The summed E-state index contributed by atoms with van der Waals surface area (Å²) in [5, 5.41) is 13.1. The van der Waals surface area contributed by atoms with Crippen LogP contribution in [0.1, 0.15) is 34.1 Å². The maximum Gasteiger partial charge on any atom is 0.152 e. The van der Waals surface area contributed by atoms with Crippen LogP contribution in [0.5, 0.6) is 0 Å². The average molecular weight is 248 g/mol. The number of halogens is 1. The number of alkyl halides is 1. The Balaban J connectivity index is 3.05. The minimum Gasteiger partial charge on any atom is -0.325 e. The molecular formula is C11H20ClN2O2. The van der Waals surface area contributed by atoms with E-state index in [4.69, 9.17) is 17.3 Å². The molecule has 16 heavy (non-hydrogen) atoms. The fourth-order valence-corrected chi connectivity index (χ4v) is 2.77. The van der Waals surface area contributed by atoms with E-state index in [2.05, 4.69) is 0 Å². The summed E-state index contributed by atoms with van der Waals surface area (Å²) >= 11 is 5.58. The monoisotopic (exact) mass is 247 g/mol. The molecule has 0 aromatic carbocycles. The molecule has 1 aliphatic rings. The number of hydrogen-bond donors (Lipinski definition) is 1. The lowest BCUT2D eigenvalue weighted by atomic mass is 9.70. The normalized spacial score (nSPS) is 33.7. The van der Waals surface area contributed by atoms with Crippen molar-refractivity contribution in [2.45, 2.75) is 51.2 Å². The van der Waals surface area contributed by atoms with Gasteiger partial charge in [0, 0.05) is 17.5 Å². The predicted molar refractivity (Wildman–Crippen MR) is 62.5 cm³/mol. The van der Waals surface area contributed by atoms with Gasteiger partial charge in [0.25, 0.3) is 0 Å². The number of nitrogens with two attached hydrogens (primary N) is 1. The first kappa shape index (κ1) is 13.9. The molecule has 1 fully saturated rings. The molecule has 5 heteroatoms. The van der Waals surface area contributed by atoms with Crippen LogP contribution in [0, 0.1) is 5.92 Å².